The van der Waals surface area contributed by atoms with Crippen molar-refractivity contribution in [2.75, 3.05) is 31.1 Å². The number of aromatic nitrogens is 4. The van der Waals surface area contributed by atoms with E-state index in [9.17, 15) is 4.79 Å². The number of rotatable bonds is 3. The van der Waals surface area contributed by atoms with E-state index in [0.717, 1.165) is 58.6 Å². The fraction of sp³-hybridized carbons (Fsp3) is 0.391. The molecule has 1 fully saturated rings. The summed E-state index contributed by atoms with van der Waals surface area (Å²) in [6.07, 6.45) is 1.80. The number of piperazine rings is 1. The van der Waals surface area contributed by atoms with Gasteiger partial charge in [-0.25, -0.2) is 15.0 Å². The van der Waals surface area contributed by atoms with Gasteiger partial charge in [0.1, 0.15) is 23.8 Å². The van der Waals surface area contributed by atoms with Crippen molar-refractivity contribution < 1.29 is 4.79 Å². The molecular formula is C23H28N6O. The first-order valence-corrected chi connectivity index (χ1v) is 10.3. The summed E-state index contributed by atoms with van der Waals surface area (Å²) in [6, 6.07) is 8.03. The van der Waals surface area contributed by atoms with Crippen molar-refractivity contribution in [3.05, 3.63) is 64.5 Å². The van der Waals surface area contributed by atoms with Gasteiger partial charge in [-0.15, -0.1) is 0 Å². The van der Waals surface area contributed by atoms with Crippen molar-refractivity contribution in [3.8, 4) is 5.82 Å². The lowest BCUT2D eigenvalue weighted by Crippen LogP contribution is -2.49. The van der Waals surface area contributed by atoms with Crippen molar-refractivity contribution in [1.82, 2.24) is 24.4 Å². The van der Waals surface area contributed by atoms with Gasteiger partial charge in [0.25, 0.3) is 5.91 Å². The number of hydrogen-bond acceptors (Lipinski definition) is 5. The maximum absolute atomic E-state index is 13.0. The van der Waals surface area contributed by atoms with Crippen molar-refractivity contribution in [3.63, 3.8) is 0 Å². The normalized spacial score (nSPS) is 14.3. The van der Waals surface area contributed by atoms with Crippen LogP contribution in [0.2, 0.25) is 0 Å². The highest BCUT2D eigenvalue weighted by Crippen LogP contribution is 2.20. The van der Waals surface area contributed by atoms with Crippen LogP contribution in [-0.2, 0) is 0 Å². The summed E-state index contributed by atoms with van der Waals surface area (Å²) in [7, 11) is 0. The molecule has 0 saturated carbocycles. The molecule has 156 valence electrons. The topological polar surface area (TPSA) is 67.2 Å². The molecule has 1 aliphatic heterocycles. The Morgan fingerprint density at radius 1 is 0.833 bits per heavy atom. The molecule has 7 heteroatoms. The molecule has 0 unspecified atom stereocenters. The summed E-state index contributed by atoms with van der Waals surface area (Å²) in [5.74, 6) is 2.54. The lowest BCUT2D eigenvalue weighted by atomic mass is 10.1. The quantitative estimate of drug-likeness (QED) is 0.671. The fourth-order valence-corrected chi connectivity index (χ4v) is 3.97. The predicted molar refractivity (Wildman–Crippen MR) is 117 cm³/mol. The molecule has 2 aromatic heterocycles. The first kappa shape index (κ1) is 20.1. The number of hydrogen-bond donors (Lipinski definition) is 0. The summed E-state index contributed by atoms with van der Waals surface area (Å²) in [4.78, 5) is 30.7. The minimum Gasteiger partial charge on any atom is -0.353 e. The average Bonchev–Trinajstić information content (AvgIpc) is 3.05. The maximum atomic E-state index is 13.0. The Kier molecular flexibility index (Phi) is 5.28. The van der Waals surface area contributed by atoms with Gasteiger partial charge in [-0.2, -0.15) is 0 Å². The van der Waals surface area contributed by atoms with E-state index < -0.39 is 0 Å². The van der Waals surface area contributed by atoms with E-state index in [4.69, 9.17) is 0 Å². The summed E-state index contributed by atoms with van der Waals surface area (Å²) >= 11 is 0. The van der Waals surface area contributed by atoms with E-state index in [-0.39, 0.29) is 5.91 Å². The highest BCUT2D eigenvalue weighted by molar-refractivity contribution is 5.94. The van der Waals surface area contributed by atoms with Crippen LogP contribution in [0, 0.1) is 34.6 Å². The van der Waals surface area contributed by atoms with Crippen LogP contribution in [-0.4, -0.2) is 56.5 Å². The smallest absolute Gasteiger partial charge is 0.253 e. The molecule has 7 nitrogen and oxygen atoms in total. The molecule has 1 saturated heterocycles. The molecule has 30 heavy (non-hydrogen) atoms. The molecule has 0 radical (unpaired) electrons. The fourth-order valence-electron chi connectivity index (χ4n) is 3.97. The summed E-state index contributed by atoms with van der Waals surface area (Å²) in [5.41, 5.74) is 5.07. The molecule has 0 aliphatic carbocycles. The Hall–Kier alpha value is -3.22. The molecule has 1 amide bonds. The molecule has 0 bridgehead atoms. The van der Waals surface area contributed by atoms with E-state index in [1.54, 1.807) is 6.33 Å². The van der Waals surface area contributed by atoms with Crippen LogP contribution < -0.4 is 4.90 Å². The number of imidazole rings is 1. The highest BCUT2D eigenvalue weighted by Gasteiger charge is 2.24. The Morgan fingerprint density at radius 2 is 1.47 bits per heavy atom. The summed E-state index contributed by atoms with van der Waals surface area (Å²) < 4.78 is 1.99. The van der Waals surface area contributed by atoms with E-state index in [1.165, 1.54) is 0 Å². The van der Waals surface area contributed by atoms with Crippen LogP contribution in [0.5, 0.6) is 0 Å². The lowest BCUT2D eigenvalue weighted by molar-refractivity contribution is 0.0746. The Labute approximate surface area is 177 Å². The van der Waals surface area contributed by atoms with Gasteiger partial charge in [-0.05, 0) is 46.8 Å². The molecule has 0 N–H and O–H groups in total. The van der Waals surface area contributed by atoms with Crippen molar-refractivity contribution in [2.45, 2.75) is 34.6 Å². The Balaban J connectivity index is 1.50. The standard InChI is InChI=1S/C23H28N6O/c1-15-10-16(2)12-20(11-15)23(30)28-8-6-27(7-9-28)21-13-22(26-19(5)25-21)29-14-24-17(3)18(29)4/h10-14H,6-9H2,1-5H3. The number of carbonyl (C=O) groups is 1. The number of aryl methyl sites for hydroxylation is 4. The van der Waals surface area contributed by atoms with Gasteiger partial charge in [0.05, 0.1) is 5.69 Å². The van der Waals surface area contributed by atoms with Crippen LogP contribution in [0.1, 0.15) is 38.7 Å². The minimum absolute atomic E-state index is 0.102. The van der Waals surface area contributed by atoms with E-state index >= 15 is 0 Å². The van der Waals surface area contributed by atoms with Gasteiger partial charge in [-0.1, -0.05) is 17.2 Å². The van der Waals surface area contributed by atoms with Crippen molar-refractivity contribution in [1.29, 1.82) is 0 Å². The third-order valence-corrected chi connectivity index (χ3v) is 5.67. The number of anilines is 1. The number of carbonyl (C=O) groups excluding carboxylic acids is 1. The lowest BCUT2D eigenvalue weighted by Gasteiger charge is -2.35. The molecule has 4 rings (SSSR count). The summed E-state index contributed by atoms with van der Waals surface area (Å²) in [5, 5.41) is 0. The average molecular weight is 405 g/mol. The van der Waals surface area contributed by atoms with Crippen LogP contribution >= 0.6 is 0 Å². The van der Waals surface area contributed by atoms with Crippen LogP contribution in [0.15, 0.2) is 30.6 Å². The third kappa shape index (κ3) is 3.92. The third-order valence-electron chi connectivity index (χ3n) is 5.67. The zero-order valence-electron chi connectivity index (χ0n) is 18.3. The Bertz CT molecular complexity index is 1070. The number of nitrogens with zero attached hydrogens (tertiary/aromatic N) is 6. The second-order valence-corrected chi connectivity index (χ2v) is 8.07. The molecular weight excluding hydrogens is 376 g/mol. The minimum atomic E-state index is 0.102. The van der Waals surface area contributed by atoms with E-state index in [2.05, 4.69) is 25.9 Å². The van der Waals surface area contributed by atoms with Gasteiger partial charge < -0.3 is 9.80 Å². The highest BCUT2D eigenvalue weighted by atomic mass is 16.2. The monoisotopic (exact) mass is 404 g/mol. The molecule has 0 atom stereocenters. The van der Waals surface area contributed by atoms with E-state index in [0.29, 0.717) is 13.1 Å². The first-order chi connectivity index (χ1) is 14.3. The molecule has 1 aromatic carbocycles. The summed E-state index contributed by atoms with van der Waals surface area (Å²) in [6.45, 7) is 12.8. The van der Waals surface area contributed by atoms with Crippen molar-refractivity contribution >= 4 is 11.7 Å². The second-order valence-electron chi connectivity index (χ2n) is 8.07. The molecule has 3 aromatic rings. The first-order valence-electron chi connectivity index (χ1n) is 10.3. The van der Waals surface area contributed by atoms with Crippen molar-refractivity contribution in [2.24, 2.45) is 0 Å². The van der Waals surface area contributed by atoms with Gasteiger partial charge >= 0.3 is 0 Å². The maximum Gasteiger partial charge on any atom is 0.253 e. The Morgan fingerprint density at radius 3 is 2.07 bits per heavy atom. The van der Waals surface area contributed by atoms with Gasteiger partial charge in [-0.3, -0.25) is 9.36 Å². The molecule has 1 aliphatic rings. The SMILES string of the molecule is Cc1cc(C)cc(C(=O)N2CCN(c3cc(-n4cnc(C)c4C)nc(C)n3)CC2)c1. The zero-order valence-corrected chi connectivity index (χ0v) is 18.3. The number of benzene rings is 1. The molecule has 0 spiro atoms. The van der Waals surface area contributed by atoms with Gasteiger partial charge in [0.15, 0.2) is 0 Å². The molecule has 3 heterocycles. The zero-order chi connectivity index (χ0) is 21.4. The van der Waals surface area contributed by atoms with Crippen LogP contribution in [0.3, 0.4) is 0 Å². The largest absolute Gasteiger partial charge is 0.353 e. The predicted octanol–water partition coefficient (Wildman–Crippen LogP) is 3.17. The van der Waals surface area contributed by atoms with Gasteiger partial charge in [0, 0.05) is 43.5 Å². The van der Waals surface area contributed by atoms with E-state index in [1.807, 2.05) is 62.3 Å². The van der Waals surface area contributed by atoms with Crippen LogP contribution in [0.25, 0.3) is 5.82 Å². The number of amides is 1. The second kappa shape index (κ2) is 7.89. The van der Waals surface area contributed by atoms with Crippen LogP contribution in [0.4, 0.5) is 5.82 Å². The van der Waals surface area contributed by atoms with Gasteiger partial charge in [0.2, 0.25) is 0 Å².